The fourth-order valence-corrected chi connectivity index (χ4v) is 3.42. The van der Waals surface area contributed by atoms with Crippen LogP contribution in [-0.2, 0) is 9.47 Å². The molecular formula is C23H28N2O5. The highest BCUT2D eigenvalue weighted by molar-refractivity contribution is 5.95. The van der Waals surface area contributed by atoms with Crippen LogP contribution in [-0.4, -0.2) is 81.3 Å². The molecule has 3 rings (SSSR count). The molecule has 160 valence electrons. The third-order valence-electron chi connectivity index (χ3n) is 5.06. The summed E-state index contributed by atoms with van der Waals surface area (Å²) >= 11 is 0. The molecule has 7 nitrogen and oxygen atoms in total. The molecule has 7 heteroatoms. The normalized spacial score (nSPS) is 16.2. The molecule has 1 atom stereocenters. The van der Waals surface area contributed by atoms with Crippen molar-refractivity contribution in [3.8, 4) is 5.75 Å². The van der Waals surface area contributed by atoms with E-state index < -0.39 is 0 Å². The molecule has 0 aliphatic carbocycles. The Bertz CT molecular complexity index is 825. The third-order valence-corrected chi connectivity index (χ3v) is 5.06. The van der Waals surface area contributed by atoms with Gasteiger partial charge < -0.3 is 24.0 Å². The first-order valence-corrected chi connectivity index (χ1v) is 10.0. The van der Waals surface area contributed by atoms with E-state index in [4.69, 9.17) is 14.2 Å². The van der Waals surface area contributed by atoms with Gasteiger partial charge in [-0.15, -0.1) is 0 Å². The maximum Gasteiger partial charge on any atom is 0.254 e. The third kappa shape index (κ3) is 5.58. The highest BCUT2D eigenvalue weighted by Gasteiger charge is 2.28. The van der Waals surface area contributed by atoms with Crippen molar-refractivity contribution in [2.75, 3.05) is 53.6 Å². The lowest BCUT2D eigenvalue weighted by molar-refractivity contribution is -0.0346. The molecule has 0 radical (unpaired) electrons. The van der Waals surface area contributed by atoms with Crippen LogP contribution in [0.25, 0.3) is 0 Å². The monoisotopic (exact) mass is 412 g/mol. The molecule has 1 aliphatic rings. The number of ether oxygens (including phenoxy) is 3. The van der Waals surface area contributed by atoms with E-state index in [2.05, 4.69) is 0 Å². The van der Waals surface area contributed by atoms with Crippen LogP contribution >= 0.6 is 0 Å². The van der Waals surface area contributed by atoms with Crippen molar-refractivity contribution in [3.63, 3.8) is 0 Å². The number of hydrogen-bond donors (Lipinski definition) is 0. The van der Waals surface area contributed by atoms with Crippen LogP contribution < -0.4 is 4.74 Å². The van der Waals surface area contributed by atoms with Gasteiger partial charge in [-0.1, -0.05) is 18.2 Å². The highest BCUT2D eigenvalue weighted by Crippen LogP contribution is 2.16. The Balaban J connectivity index is 1.67. The number of rotatable bonds is 8. The minimum absolute atomic E-state index is 0.0196. The van der Waals surface area contributed by atoms with Gasteiger partial charge in [-0.05, 0) is 36.4 Å². The second kappa shape index (κ2) is 10.8. The first kappa shape index (κ1) is 21.8. The van der Waals surface area contributed by atoms with Crippen LogP contribution in [0, 0.1) is 0 Å². The summed E-state index contributed by atoms with van der Waals surface area (Å²) in [5.74, 6) is 0.569. The molecule has 1 heterocycles. The Morgan fingerprint density at radius 2 is 1.80 bits per heavy atom. The maximum absolute atomic E-state index is 13.1. The molecule has 1 saturated heterocycles. The topological polar surface area (TPSA) is 68.3 Å². The molecular weight excluding hydrogens is 384 g/mol. The minimum atomic E-state index is -0.259. The summed E-state index contributed by atoms with van der Waals surface area (Å²) in [6, 6.07) is 16.2. The molecule has 2 amide bonds. The highest BCUT2D eigenvalue weighted by atomic mass is 16.5. The van der Waals surface area contributed by atoms with Crippen LogP contribution in [0.3, 0.4) is 0 Å². The predicted octanol–water partition coefficient (Wildman–Crippen LogP) is 2.32. The number of methoxy groups -OCH3 is 2. The van der Waals surface area contributed by atoms with Crippen LogP contribution in [0.15, 0.2) is 54.6 Å². The van der Waals surface area contributed by atoms with Crippen LogP contribution in [0.4, 0.5) is 0 Å². The van der Waals surface area contributed by atoms with Gasteiger partial charge in [0.15, 0.2) is 0 Å². The van der Waals surface area contributed by atoms with Crippen molar-refractivity contribution in [1.82, 2.24) is 9.80 Å². The molecule has 1 aliphatic heterocycles. The lowest BCUT2D eigenvalue weighted by Crippen LogP contribution is -2.51. The van der Waals surface area contributed by atoms with Crippen molar-refractivity contribution in [3.05, 3.63) is 65.7 Å². The van der Waals surface area contributed by atoms with E-state index in [-0.39, 0.29) is 17.9 Å². The van der Waals surface area contributed by atoms with Crippen molar-refractivity contribution in [1.29, 1.82) is 0 Å². The van der Waals surface area contributed by atoms with E-state index in [0.29, 0.717) is 56.3 Å². The van der Waals surface area contributed by atoms with E-state index in [1.807, 2.05) is 30.3 Å². The molecule has 2 aromatic rings. The summed E-state index contributed by atoms with van der Waals surface area (Å²) < 4.78 is 16.2. The average Bonchev–Trinajstić information content (AvgIpc) is 2.81. The summed E-state index contributed by atoms with van der Waals surface area (Å²) in [5, 5.41) is 0. The van der Waals surface area contributed by atoms with E-state index in [0.717, 1.165) is 0 Å². The Morgan fingerprint density at radius 3 is 2.47 bits per heavy atom. The van der Waals surface area contributed by atoms with Crippen molar-refractivity contribution >= 4 is 11.8 Å². The van der Waals surface area contributed by atoms with Crippen molar-refractivity contribution < 1.29 is 23.8 Å². The summed E-state index contributed by atoms with van der Waals surface area (Å²) in [6.07, 6.45) is -0.259. The quantitative estimate of drug-likeness (QED) is 0.666. The molecule has 30 heavy (non-hydrogen) atoms. The van der Waals surface area contributed by atoms with E-state index in [1.165, 1.54) is 0 Å². The van der Waals surface area contributed by atoms with Gasteiger partial charge in [-0.2, -0.15) is 0 Å². The Hall–Kier alpha value is -2.90. The zero-order chi connectivity index (χ0) is 21.3. The summed E-state index contributed by atoms with van der Waals surface area (Å²) in [5.41, 5.74) is 1.23. The average molecular weight is 412 g/mol. The zero-order valence-electron chi connectivity index (χ0n) is 17.5. The van der Waals surface area contributed by atoms with Gasteiger partial charge in [-0.25, -0.2) is 0 Å². The lowest BCUT2D eigenvalue weighted by atomic mass is 10.1. The lowest BCUT2D eigenvalue weighted by Gasteiger charge is -2.36. The standard InChI is InChI=1S/C23H28N2O5/c1-28-14-12-24(23(27)19-8-10-20(29-2)11-9-19)16-21-17-25(13-15-30-21)22(26)18-6-4-3-5-7-18/h3-11,21H,12-17H2,1-2H3. The molecule has 2 aromatic carbocycles. The van der Waals surface area contributed by atoms with Crippen molar-refractivity contribution in [2.24, 2.45) is 0 Å². The molecule has 0 spiro atoms. The molecule has 0 aromatic heterocycles. The maximum atomic E-state index is 13.1. The smallest absolute Gasteiger partial charge is 0.254 e. The largest absolute Gasteiger partial charge is 0.497 e. The Labute approximate surface area is 177 Å². The van der Waals surface area contributed by atoms with E-state index >= 15 is 0 Å². The molecule has 0 N–H and O–H groups in total. The SMILES string of the molecule is COCCN(CC1CN(C(=O)c2ccccc2)CCO1)C(=O)c1ccc(OC)cc1. The van der Waals surface area contributed by atoms with E-state index in [9.17, 15) is 9.59 Å². The first-order valence-electron chi connectivity index (χ1n) is 10.0. The van der Waals surface area contributed by atoms with Gasteiger partial charge in [0.2, 0.25) is 0 Å². The van der Waals surface area contributed by atoms with Crippen LogP contribution in [0.2, 0.25) is 0 Å². The second-order valence-corrected chi connectivity index (χ2v) is 7.08. The van der Waals surface area contributed by atoms with Gasteiger partial charge in [0.05, 0.1) is 26.4 Å². The Morgan fingerprint density at radius 1 is 1.07 bits per heavy atom. The fraction of sp³-hybridized carbons (Fsp3) is 0.391. The molecule has 1 unspecified atom stereocenters. The molecule has 0 bridgehead atoms. The summed E-state index contributed by atoms with van der Waals surface area (Å²) in [4.78, 5) is 29.3. The molecule has 0 saturated carbocycles. The van der Waals surface area contributed by atoms with Crippen LogP contribution in [0.5, 0.6) is 5.75 Å². The first-order chi connectivity index (χ1) is 14.6. The minimum Gasteiger partial charge on any atom is -0.497 e. The summed E-state index contributed by atoms with van der Waals surface area (Å²) in [6.45, 7) is 2.65. The van der Waals surface area contributed by atoms with E-state index in [1.54, 1.807) is 48.3 Å². The van der Waals surface area contributed by atoms with Gasteiger partial charge in [-0.3, -0.25) is 9.59 Å². The number of morpholine rings is 1. The van der Waals surface area contributed by atoms with Crippen molar-refractivity contribution in [2.45, 2.75) is 6.10 Å². The predicted molar refractivity (Wildman–Crippen MR) is 113 cm³/mol. The van der Waals surface area contributed by atoms with Crippen LogP contribution in [0.1, 0.15) is 20.7 Å². The number of hydrogen-bond acceptors (Lipinski definition) is 5. The zero-order valence-corrected chi connectivity index (χ0v) is 17.5. The van der Waals surface area contributed by atoms with Gasteiger partial charge >= 0.3 is 0 Å². The number of carbonyl (C=O) groups is 2. The fourth-order valence-electron chi connectivity index (χ4n) is 3.42. The number of amides is 2. The number of benzene rings is 2. The van der Waals surface area contributed by atoms with Gasteiger partial charge in [0.25, 0.3) is 11.8 Å². The second-order valence-electron chi connectivity index (χ2n) is 7.08. The number of carbonyl (C=O) groups excluding carboxylic acids is 2. The molecule has 1 fully saturated rings. The van der Waals surface area contributed by atoms with Gasteiger partial charge in [0.1, 0.15) is 5.75 Å². The Kier molecular flexibility index (Phi) is 7.82. The number of nitrogens with zero attached hydrogens (tertiary/aromatic N) is 2. The summed E-state index contributed by atoms with van der Waals surface area (Å²) in [7, 11) is 3.19. The van der Waals surface area contributed by atoms with Gasteiger partial charge in [0, 0.05) is 44.4 Å².